The van der Waals surface area contributed by atoms with Crippen molar-refractivity contribution < 1.29 is 23.2 Å². The second-order valence-electron chi connectivity index (χ2n) is 2.29. The van der Waals surface area contributed by atoms with Gasteiger partial charge in [0.1, 0.15) is 0 Å². The fourth-order valence-electron chi connectivity index (χ4n) is 0.390. The summed E-state index contributed by atoms with van der Waals surface area (Å²) < 4.78 is 25.2. The molecule has 0 rings (SSSR count). The number of aliphatic hydroxyl groups is 2. The van der Waals surface area contributed by atoms with Crippen LogP contribution in [0.25, 0.3) is 0 Å². The van der Waals surface area contributed by atoms with E-state index in [-0.39, 0.29) is 12.7 Å². The van der Waals surface area contributed by atoms with E-state index >= 15 is 0 Å². The van der Waals surface area contributed by atoms with Crippen LogP contribution in [-0.4, -0.2) is 49.0 Å². The Hall–Kier alpha value is -0.250. The van der Waals surface area contributed by atoms with E-state index in [1.165, 1.54) is 0 Å². The van der Waals surface area contributed by atoms with Gasteiger partial charge < -0.3 is 15.5 Å². The third kappa shape index (κ3) is 49.5. The molecule has 0 aromatic heterocycles. The number of aliphatic hydroxyl groups excluding tert-OH is 2. The van der Waals surface area contributed by atoms with Crippen LogP contribution in [0.3, 0.4) is 0 Å². The molecule has 0 spiro atoms. The third-order valence-corrected chi connectivity index (χ3v) is 0.728. The summed E-state index contributed by atoms with van der Waals surface area (Å²) in [7, 11) is -4.17. The standard InChI is InChI=1S/C5H13NO2.H3NO3S/c1-5(8)4-6-2-3-7;1-5(2,3)4/h5-8H,2-4H2,1H3;(H3,1,2,3,4). The Kier molecular flexibility index (Phi) is 9.79. The minimum Gasteiger partial charge on any atom is -0.395 e. The summed E-state index contributed by atoms with van der Waals surface area (Å²) in [5.41, 5.74) is 0. The highest BCUT2D eigenvalue weighted by atomic mass is 32.2. The van der Waals surface area contributed by atoms with Crippen LogP contribution < -0.4 is 10.5 Å². The molecule has 0 saturated heterocycles. The summed E-state index contributed by atoms with van der Waals surface area (Å²) >= 11 is 0. The maximum absolute atomic E-state index is 8.97. The number of rotatable bonds is 4. The Morgan fingerprint density at radius 1 is 1.54 bits per heavy atom. The fraction of sp³-hybridized carbons (Fsp3) is 1.00. The van der Waals surface area contributed by atoms with Crippen LogP contribution in [0.2, 0.25) is 0 Å². The van der Waals surface area contributed by atoms with Crippen LogP contribution in [0.15, 0.2) is 0 Å². The van der Waals surface area contributed by atoms with Crippen molar-refractivity contribution in [3.05, 3.63) is 0 Å². The Morgan fingerprint density at radius 3 is 2.15 bits per heavy atom. The maximum Gasteiger partial charge on any atom is 0.330 e. The van der Waals surface area contributed by atoms with Gasteiger partial charge in [-0.05, 0) is 6.92 Å². The Balaban J connectivity index is 0. The Labute approximate surface area is 77.4 Å². The molecular formula is C5H16N2O5S. The monoisotopic (exact) mass is 216 g/mol. The van der Waals surface area contributed by atoms with Gasteiger partial charge in [-0.15, -0.1) is 0 Å². The lowest BCUT2D eigenvalue weighted by atomic mass is 10.4. The molecule has 0 aliphatic rings. The molecule has 0 aliphatic carbocycles. The molecule has 0 saturated carbocycles. The molecule has 1 atom stereocenters. The SMILES string of the molecule is CC(O)CNCCO.NS(=O)(=O)O. The molecule has 0 fully saturated rings. The molecule has 82 valence electrons. The molecule has 0 heterocycles. The predicted octanol–water partition coefficient (Wildman–Crippen LogP) is -2.30. The first-order chi connectivity index (χ1) is 5.77. The van der Waals surface area contributed by atoms with Crippen LogP contribution in [0.1, 0.15) is 6.92 Å². The molecule has 7 nitrogen and oxygen atoms in total. The van der Waals surface area contributed by atoms with E-state index in [2.05, 4.69) is 10.5 Å². The van der Waals surface area contributed by atoms with E-state index in [0.717, 1.165) is 0 Å². The van der Waals surface area contributed by atoms with Crippen molar-refractivity contribution in [2.24, 2.45) is 5.14 Å². The molecule has 0 aliphatic heterocycles. The normalized spacial score (nSPS) is 13.0. The fourth-order valence-corrected chi connectivity index (χ4v) is 0.390. The quantitative estimate of drug-likeness (QED) is 0.265. The second-order valence-corrected chi connectivity index (χ2v) is 3.32. The largest absolute Gasteiger partial charge is 0.395 e. The lowest BCUT2D eigenvalue weighted by Gasteiger charge is -2.02. The molecule has 0 radical (unpaired) electrons. The van der Waals surface area contributed by atoms with Crippen molar-refractivity contribution in [1.29, 1.82) is 0 Å². The van der Waals surface area contributed by atoms with Crippen LogP contribution in [0, 0.1) is 0 Å². The van der Waals surface area contributed by atoms with E-state index in [0.29, 0.717) is 13.1 Å². The van der Waals surface area contributed by atoms with Crippen LogP contribution in [-0.2, 0) is 10.3 Å². The van der Waals surface area contributed by atoms with Gasteiger partial charge in [0.15, 0.2) is 0 Å². The van der Waals surface area contributed by atoms with Crippen molar-refractivity contribution >= 4 is 10.3 Å². The minimum atomic E-state index is -4.17. The average molecular weight is 216 g/mol. The lowest BCUT2D eigenvalue weighted by Crippen LogP contribution is -2.26. The molecule has 0 aromatic carbocycles. The number of hydrogen-bond acceptors (Lipinski definition) is 5. The molecule has 1 unspecified atom stereocenters. The van der Waals surface area contributed by atoms with Crippen molar-refractivity contribution in [1.82, 2.24) is 5.32 Å². The van der Waals surface area contributed by atoms with Gasteiger partial charge in [-0.3, -0.25) is 4.55 Å². The van der Waals surface area contributed by atoms with Gasteiger partial charge in [-0.25, -0.2) is 5.14 Å². The third-order valence-electron chi connectivity index (χ3n) is 0.728. The highest BCUT2D eigenvalue weighted by molar-refractivity contribution is 7.83. The first-order valence-electron chi connectivity index (χ1n) is 3.52. The van der Waals surface area contributed by atoms with E-state index in [1.807, 2.05) is 0 Å². The molecule has 13 heavy (non-hydrogen) atoms. The Morgan fingerprint density at radius 2 is 1.92 bits per heavy atom. The molecule has 0 amide bonds. The van der Waals surface area contributed by atoms with E-state index in [9.17, 15) is 0 Å². The van der Waals surface area contributed by atoms with Crippen LogP contribution in [0.4, 0.5) is 0 Å². The minimum absolute atomic E-state index is 0.132. The zero-order valence-corrected chi connectivity index (χ0v) is 8.16. The molecule has 6 N–H and O–H groups in total. The summed E-state index contributed by atoms with van der Waals surface area (Å²) in [6, 6.07) is 0. The second kappa shape index (κ2) is 8.35. The van der Waals surface area contributed by atoms with Gasteiger partial charge in [0.2, 0.25) is 0 Å². The first-order valence-corrected chi connectivity index (χ1v) is 5.02. The van der Waals surface area contributed by atoms with E-state index in [1.54, 1.807) is 6.92 Å². The first kappa shape index (κ1) is 15.2. The summed E-state index contributed by atoms with van der Waals surface area (Å²) in [5, 5.41) is 23.6. The zero-order chi connectivity index (χ0) is 10.9. The molecular weight excluding hydrogens is 200 g/mol. The van der Waals surface area contributed by atoms with Gasteiger partial charge in [0, 0.05) is 13.1 Å². The topological polar surface area (TPSA) is 133 Å². The van der Waals surface area contributed by atoms with Crippen LogP contribution in [0.5, 0.6) is 0 Å². The van der Waals surface area contributed by atoms with Gasteiger partial charge in [-0.1, -0.05) is 0 Å². The number of nitrogens with one attached hydrogen (secondary N) is 1. The lowest BCUT2D eigenvalue weighted by molar-refractivity contribution is 0.186. The van der Waals surface area contributed by atoms with Crippen molar-refractivity contribution in [3.8, 4) is 0 Å². The Bertz CT molecular complexity index is 183. The van der Waals surface area contributed by atoms with Gasteiger partial charge in [0.05, 0.1) is 12.7 Å². The van der Waals surface area contributed by atoms with E-state index < -0.39 is 10.3 Å². The van der Waals surface area contributed by atoms with Crippen molar-refractivity contribution in [3.63, 3.8) is 0 Å². The number of nitrogens with two attached hydrogens (primary N) is 1. The molecule has 0 bridgehead atoms. The smallest absolute Gasteiger partial charge is 0.330 e. The van der Waals surface area contributed by atoms with E-state index in [4.69, 9.17) is 23.2 Å². The van der Waals surface area contributed by atoms with Gasteiger partial charge in [-0.2, -0.15) is 8.42 Å². The summed E-state index contributed by atoms with van der Waals surface area (Å²) in [5.74, 6) is 0. The molecule has 8 heteroatoms. The average Bonchev–Trinajstić information content (AvgIpc) is 1.83. The number of hydrogen-bond donors (Lipinski definition) is 5. The van der Waals surface area contributed by atoms with Crippen molar-refractivity contribution in [2.75, 3.05) is 19.7 Å². The summed E-state index contributed by atoms with van der Waals surface area (Å²) in [6.07, 6.45) is -0.318. The molecule has 0 aromatic rings. The highest BCUT2D eigenvalue weighted by Gasteiger charge is 1.90. The van der Waals surface area contributed by atoms with Gasteiger partial charge >= 0.3 is 10.3 Å². The van der Waals surface area contributed by atoms with Crippen LogP contribution >= 0.6 is 0 Å². The summed E-state index contributed by atoms with van der Waals surface area (Å²) in [4.78, 5) is 0. The van der Waals surface area contributed by atoms with Crippen molar-refractivity contribution in [2.45, 2.75) is 13.0 Å². The highest BCUT2D eigenvalue weighted by Crippen LogP contribution is 1.71. The summed E-state index contributed by atoms with van der Waals surface area (Å²) in [6.45, 7) is 2.95. The zero-order valence-electron chi connectivity index (χ0n) is 7.34. The predicted molar refractivity (Wildman–Crippen MR) is 47.4 cm³/mol. The van der Waals surface area contributed by atoms with Gasteiger partial charge in [0.25, 0.3) is 0 Å². The maximum atomic E-state index is 8.97.